The Morgan fingerprint density at radius 1 is 1.47 bits per heavy atom. The summed E-state index contributed by atoms with van der Waals surface area (Å²) in [7, 11) is -1.74. The van der Waals surface area contributed by atoms with E-state index >= 15 is 0 Å². The zero-order chi connectivity index (χ0) is 13.1. The van der Waals surface area contributed by atoms with Gasteiger partial charge in [-0.15, -0.1) is 0 Å². The van der Waals surface area contributed by atoms with Gasteiger partial charge < -0.3 is 9.67 Å². The van der Waals surface area contributed by atoms with Crippen molar-refractivity contribution in [1.82, 2.24) is 9.29 Å². The topological polar surface area (TPSA) is 71.3 Å². The molecule has 0 spiro atoms. The fourth-order valence-electron chi connectivity index (χ4n) is 1.45. The van der Waals surface area contributed by atoms with Gasteiger partial charge in [0.1, 0.15) is 0 Å². The number of sulfonamides is 1. The molecule has 5 nitrogen and oxygen atoms in total. The third kappa shape index (κ3) is 3.83. The minimum atomic E-state index is -3.45. The van der Waals surface area contributed by atoms with Crippen LogP contribution in [-0.2, 0) is 23.7 Å². The van der Waals surface area contributed by atoms with E-state index in [0.29, 0.717) is 18.2 Å². The maximum absolute atomic E-state index is 11.9. The van der Waals surface area contributed by atoms with Crippen molar-refractivity contribution >= 4 is 10.0 Å². The van der Waals surface area contributed by atoms with Crippen LogP contribution in [0.25, 0.3) is 0 Å². The molecule has 1 aromatic rings. The first kappa shape index (κ1) is 14.2. The number of aliphatic hydroxyl groups is 1. The first-order valence-corrected chi connectivity index (χ1v) is 7.11. The van der Waals surface area contributed by atoms with E-state index in [1.165, 1.54) is 12.3 Å². The van der Waals surface area contributed by atoms with Gasteiger partial charge in [-0.25, -0.2) is 13.1 Å². The minimum Gasteiger partial charge on any atom is -0.390 e. The highest BCUT2D eigenvalue weighted by Gasteiger charge is 2.16. The van der Waals surface area contributed by atoms with E-state index < -0.39 is 10.0 Å². The quantitative estimate of drug-likeness (QED) is 0.796. The Kier molecular flexibility index (Phi) is 4.73. The van der Waals surface area contributed by atoms with Gasteiger partial charge in [0.05, 0.1) is 11.5 Å². The van der Waals surface area contributed by atoms with E-state index in [0.717, 1.165) is 6.42 Å². The predicted molar refractivity (Wildman–Crippen MR) is 66.0 cm³/mol. The molecule has 1 heterocycles. The molecule has 0 radical (unpaired) electrons. The molecule has 1 rings (SSSR count). The van der Waals surface area contributed by atoms with E-state index in [2.05, 4.69) is 4.72 Å². The maximum Gasteiger partial charge on any atom is 0.242 e. The fourth-order valence-corrected chi connectivity index (χ4v) is 2.59. The summed E-state index contributed by atoms with van der Waals surface area (Å²) < 4.78 is 27.9. The van der Waals surface area contributed by atoms with Crippen molar-refractivity contribution in [2.75, 3.05) is 6.54 Å². The molecule has 0 saturated heterocycles. The van der Waals surface area contributed by atoms with Gasteiger partial charge in [0.25, 0.3) is 0 Å². The molecule has 2 N–H and O–H groups in total. The van der Waals surface area contributed by atoms with Crippen LogP contribution in [0.15, 0.2) is 17.2 Å². The molecule has 0 aromatic carbocycles. The molecule has 0 bridgehead atoms. The van der Waals surface area contributed by atoms with Crippen LogP contribution < -0.4 is 4.72 Å². The normalized spacial score (nSPS) is 12.3. The monoisotopic (exact) mass is 260 g/mol. The highest BCUT2D eigenvalue weighted by atomic mass is 32.2. The molecule has 0 atom stereocenters. The molecule has 17 heavy (non-hydrogen) atoms. The predicted octanol–water partition coefficient (Wildman–Crippen LogP) is 0.842. The number of nitrogens with zero attached hydrogens (tertiary/aromatic N) is 1. The summed E-state index contributed by atoms with van der Waals surface area (Å²) >= 11 is 0. The van der Waals surface area contributed by atoms with Crippen molar-refractivity contribution in [1.29, 1.82) is 0 Å². The lowest BCUT2D eigenvalue weighted by atomic mass is 10.1. The summed E-state index contributed by atoms with van der Waals surface area (Å²) in [5, 5.41) is 9.01. The summed E-state index contributed by atoms with van der Waals surface area (Å²) in [5.74, 6) is 0.460. The van der Waals surface area contributed by atoms with E-state index in [9.17, 15) is 8.42 Å². The minimum absolute atomic E-state index is 0.169. The maximum atomic E-state index is 11.9. The van der Waals surface area contributed by atoms with Crippen LogP contribution in [0, 0.1) is 5.92 Å². The molecular weight excluding hydrogens is 240 g/mol. The van der Waals surface area contributed by atoms with E-state index in [1.807, 2.05) is 13.8 Å². The first-order chi connectivity index (χ1) is 7.86. The SMILES string of the molecule is CC(C)CCNS(=O)(=O)c1cc(CO)n(C)c1. The van der Waals surface area contributed by atoms with Crippen LogP contribution in [-0.4, -0.2) is 24.6 Å². The van der Waals surface area contributed by atoms with Crippen LogP contribution >= 0.6 is 0 Å². The number of aromatic nitrogens is 1. The largest absolute Gasteiger partial charge is 0.390 e. The number of aryl methyl sites for hydroxylation is 1. The number of aliphatic hydroxyl groups excluding tert-OH is 1. The number of hydrogen-bond donors (Lipinski definition) is 2. The highest BCUT2D eigenvalue weighted by molar-refractivity contribution is 7.89. The second-order valence-corrected chi connectivity index (χ2v) is 6.28. The van der Waals surface area contributed by atoms with Crippen LogP contribution in [0.4, 0.5) is 0 Å². The standard InChI is InChI=1S/C11H20N2O3S/c1-9(2)4-5-12-17(15,16)11-6-10(8-14)13(3)7-11/h6-7,9,12,14H,4-5,8H2,1-3H3. The van der Waals surface area contributed by atoms with Crippen LogP contribution in [0.5, 0.6) is 0 Å². The second-order valence-electron chi connectivity index (χ2n) is 4.52. The molecule has 0 aliphatic rings. The molecule has 0 aliphatic carbocycles. The van der Waals surface area contributed by atoms with E-state index in [4.69, 9.17) is 5.11 Å². The Morgan fingerprint density at radius 3 is 2.59 bits per heavy atom. The number of rotatable bonds is 6. The lowest BCUT2D eigenvalue weighted by molar-refractivity contribution is 0.272. The van der Waals surface area contributed by atoms with Gasteiger partial charge in [0, 0.05) is 25.5 Å². The van der Waals surface area contributed by atoms with Gasteiger partial charge in [-0.3, -0.25) is 0 Å². The van der Waals surface area contributed by atoms with Gasteiger partial charge in [-0.05, 0) is 18.4 Å². The summed E-state index contributed by atoms with van der Waals surface area (Å²) in [4.78, 5) is 0.202. The molecular formula is C11H20N2O3S. The van der Waals surface area contributed by atoms with Crippen molar-refractivity contribution < 1.29 is 13.5 Å². The first-order valence-electron chi connectivity index (χ1n) is 5.62. The lowest BCUT2D eigenvalue weighted by Crippen LogP contribution is -2.25. The molecule has 6 heteroatoms. The van der Waals surface area contributed by atoms with Crippen molar-refractivity contribution in [2.45, 2.75) is 31.8 Å². The highest BCUT2D eigenvalue weighted by Crippen LogP contribution is 2.13. The van der Waals surface area contributed by atoms with Gasteiger partial charge in [0.15, 0.2) is 0 Å². The third-order valence-electron chi connectivity index (χ3n) is 2.57. The molecule has 0 fully saturated rings. The van der Waals surface area contributed by atoms with Crippen molar-refractivity contribution in [3.63, 3.8) is 0 Å². The summed E-state index contributed by atoms with van der Waals surface area (Å²) in [6.45, 7) is 4.35. The summed E-state index contributed by atoms with van der Waals surface area (Å²) in [6, 6.07) is 1.48. The van der Waals surface area contributed by atoms with Gasteiger partial charge in [-0.1, -0.05) is 13.8 Å². The van der Waals surface area contributed by atoms with Crippen LogP contribution in [0.3, 0.4) is 0 Å². The van der Waals surface area contributed by atoms with Crippen LogP contribution in [0.1, 0.15) is 26.0 Å². The summed E-state index contributed by atoms with van der Waals surface area (Å²) in [5.41, 5.74) is 0.578. The van der Waals surface area contributed by atoms with Crippen molar-refractivity contribution in [3.8, 4) is 0 Å². The van der Waals surface area contributed by atoms with Gasteiger partial charge in [-0.2, -0.15) is 0 Å². The molecule has 98 valence electrons. The van der Waals surface area contributed by atoms with Gasteiger partial charge >= 0.3 is 0 Å². The Hall–Kier alpha value is -0.850. The van der Waals surface area contributed by atoms with Gasteiger partial charge in [0.2, 0.25) is 10.0 Å². The Balaban J connectivity index is 2.75. The molecule has 0 aliphatic heterocycles. The van der Waals surface area contributed by atoms with Crippen molar-refractivity contribution in [3.05, 3.63) is 18.0 Å². The third-order valence-corrected chi connectivity index (χ3v) is 4.00. The van der Waals surface area contributed by atoms with Crippen LogP contribution in [0.2, 0.25) is 0 Å². The molecule has 0 saturated carbocycles. The molecule has 0 amide bonds. The zero-order valence-corrected chi connectivity index (χ0v) is 11.3. The Bertz CT molecular complexity index is 463. The van der Waals surface area contributed by atoms with E-state index in [1.54, 1.807) is 11.6 Å². The smallest absolute Gasteiger partial charge is 0.242 e. The van der Waals surface area contributed by atoms with Crippen molar-refractivity contribution in [2.24, 2.45) is 13.0 Å². The Labute approximate surface area is 103 Å². The number of nitrogens with one attached hydrogen (secondary N) is 1. The summed E-state index contributed by atoms with van der Waals surface area (Å²) in [6.07, 6.45) is 2.31. The Morgan fingerprint density at radius 2 is 2.12 bits per heavy atom. The molecule has 0 unspecified atom stereocenters. The lowest BCUT2D eigenvalue weighted by Gasteiger charge is -2.06. The van der Waals surface area contributed by atoms with E-state index in [-0.39, 0.29) is 11.5 Å². The molecule has 1 aromatic heterocycles. The fraction of sp³-hybridized carbons (Fsp3) is 0.636. The average Bonchev–Trinajstić information content (AvgIpc) is 2.59. The second kappa shape index (κ2) is 5.66. The zero-order valence-electron chi connectivity index (χ0n) is 10.5. The number of hydrogen-bond acceptors (Lipinski definition) is 3. The average molecular weight is 260 g/mol.